The Morgan fingerprint density at radius 1 is 1.56 bits per heavy atom. The van der Waals surface area contributed by atoms with Crippen molar-refractivity contribution in [3.63, 3.8) is 0 Å². The van der Waals surface area contributed by atoms with Crippen LogP contribution in [0.5, 0.6) is 0 Å². The molecule has 2 aromatic heterocycles. The van der Waals surface area contributed by atoms with Crippen LogP contribution in [0.2, 0.25) is 0 Å². The van der Waals surface area contributed by atoms with E-state index in [4.69, 9.17) is 32.2 Å². The van der Waals surface area contributed by atoms with E-state index in [-0.39, 0.29) is 29.7 Å². The predicted octanol–water partition coefficient (Wildman–Crippen LogP) is 1.01. The van der Waals surface area contributed by atoms with E-state index in [1.165, 1.54) is 6.20 Å². The topological polar surface area (TPSA) is 99.3 Å². The van der Waals surface area contributed by atoms with Crippen LogP contribution in [-0.4, -0.2) is 32.4 Å². The van der Waals surface area contributed by atoms with E-state index in [0.29, 0.717) is 11.2 Å². The molecule has 1 aliphatic heterocycles. The Kier molecular flexibility index (Phi) is 2.77. The lowest BCUT2D eigenvalue weighted by atomic mass is 10.2. The number of ether oxygens (including phenoxy) is 1. The Bertz CT molecular complexity index is 638. The van der Waals surface area contributed by atoms with Gasteiger partial charge >= 0.3 is 0 Å². The lowest BCUT2D eigenvalue weighted by molar-refractivity contribution is -0.0224. The third kappa shape index (κ3) is 1.78. The van der Waals surface area contributed by atoms with E-state index in [9.17, 15) is 0 Å². The van der Waals surface area contributed by atoms with Crippen LogP contribution < -0.4 is 5.73 Å². The molecular weight excluding hydrogens is 256 g/mol. The van der Waals surface area contributed by atoms with Gasteiger partial charge in [0.05, 0.1) is 18.9 Å². The number of hydrogen-bond acceptors (Lipinski definition) is 7. The highest BCUT2D eigenvalue weighted by Crippen LogP contribution is 2.31. The van der Waals surface area contributed by atoms with Crippen LogP contribution in [0.25, 0.3) is 11.2 Å². The summed E-state index contributed by atoms with van der Waals surface area (Å²) in [4.78, 5) is 8.24. The Labute approximate surface area is 107 Å². The SMILES string of the molecule is Nc1ncc2oc(=S)n([C@H]3CC[C@@H](CO)O3)c2n1. The Hall–Kier alpha value is -1.51. The van der Waals surface area contributed by atoms with E-state index in [0.717, 1.165) is 12.8 Å². The van der Waals surface area contributed by atoms with Crippen LogP contribution in [0, 0.1) is 4.84 Å². The first kappa shape index (κ1) is 11.6. The van der Waals surface area contributed by atoms with Gasteiger partial charge < -0.3 is 20.0 Å². The molecule has 3 rings (SSSR count). The van der Waals surface area contributed by atoms with Gasteiger partial charge in [-0.1, -0.05) is 0 Å². The summed E-state index contributed by atoms with van der Waals surface area (Å²) < 4.78 is 12.7. The molecule has 2 aromatic rings. The first-order chi connectivity index (χ1) is 8.69. The zero-order chi connectivity index (χ0) is 12.7. The second kappa shape index (κ2) is 4.30. The van der Waals surface area contributed by atoms with E-state index in [2.05, 4.69) is 9.97 Å². The summed E-state index contributed by atoms with van der Waals surface area (Å²) in [7, 11) is 0. The number of nitrogens with two attached hydrogens (primary N) is 1. The Balaban J connectivity index is 2.08. The number of oxazole rings is 1. The quantitative estimate of drug-likeness (QED) is 0.784. The lowest BCUT2D eigenvalue weighted by Gasteiger charge is -2.13. The van der Waals surface area contributed by atoms with Gasteiger partial charge in [0, 0.05) is 0 Å². The summed E-state index contributed by atoms with van der Waals surface area (Å²) in [5.41, 5.74) is 6.56. The van der Waals surface area contributed by atoms with Gasteiger partial charge in [-0.05, 0) is 25.1 Å². The van der Waals surface area contributed by atoms with Gasteiger partial charge in [-0.15, -0.1) is 0 Å². The molecule has 0 saturated carbocycles. The van der Waals surface area contributed by atoms with Gasteiger partial charge in [0.15, 0.2) is 11.2 Å². The predicted molar refractivity (Wildman–Crippen MR) is 65.3 cm³/mol. The molecule has 0 radical (unpaired) electrons. The maximum Gasteiger partial charge on any atom is 0.273 e. The molecule has 1 aliphatic rings. The minimum atomic E-state index is -0.273. The van der Waals surface area contributed by atoms with Crippen molar-refractivity contribution in [2.24, 2.45) is 0 Å². The summed E-state index contributed by atoms with van der Waals surface area (Å²) in [6.07, 6.45) is 2.57. The van der Waals surface area contributed by atoms with Crippen molar-refractivity contribution >= 4 is 29.4 Å². The normalized spacial score (nSPS) is 23.8. The molecule has 1 fully saturated rings. The maximum absolute atomic E-state index is 9.08. The molecule has 18 heavy (non-hydrogen) atoms. The van der Waals surface area contributed by atoms with Crippen LogP contribution in [0.1, 0.15) is 19.1 Å². The zero-order valence-electron chi connectivity index (χ0n) is 9.44. The van der Waals surface area contributed by atoms with E-state index in [1.54, 1.807) is 4.57 Å². The van der Waals surface area contributed by atoms with Crippen molar-refractivity contribution < 1.29 is 14.3 Å². The van der Waals surface area contributed by atoms with Gasteiger partial charge in [-0.25, -0.2) is 4.98 Å². The molecule has 8 heteroatoms. The number of rotatable bonds is 2. The Morgan fingerprint density at radius 3 is 3.11 bits per heavy atom. The molecule has 0 aliphatic carbocycles. The van der Waals surface area contributed by atoms with Crippen LogP contribution in [-0.2, 0) is 4.74 Å². The zero-order valence-corrected chi connectivity index (χ0v) is 10.3. The highest BCUT2D eigenvalue weighted by molar-refractivity contribution is 7.71. The second-order valence-electron chi connectivity index (χ2n) is 4.13. The molecule has 7 nitrogen and oxygen atoms in total. The molecule has 0 spiro atoms. The fourth-order valence-corrected chi connectivity index (χ4v) is 2.41. The standard InChI is InChI=1S/C10H12N4O3S/c11-9-12-3-6-8(13-9)14(10(18)17-6)7-2-1-5(4-15)16-7/h3,5,7,15H,1-2,4H2,(H2,11,12,13)/t5-,7+/m0/s1. The number of nitrogen functional groups attached to an aromatic ring is 1. The van der Waals surface area contributed by atoms with Crippen molar-refractivity contribution in [2.75, 3.05) is 12.3 Å². The molecule has 3 heterocycles. The molecule has 0 aromatic carbocycles. The molecule has 0 amide bonds. The first-order valence-corrected chi connectivity index (χ1v) is 5.99. The minimum Gasteiger partial charge on any atom is -0.426 e. The van der Waals surface area contributed by atoms with E-state index >= 15 is 0 Å². The highest BCUT2D eigenvalue weighted by Gasteiger charge is 2.28. The molecular formula is C10H12N4O3S. The van der Waals surface area contributed by atoms with Gasteiger partial charge in [-0.2, -0.15) is 4.98 Å². The fourth-order valence-electron chi connectivity index (χ4n) is 2.11. The fraction of sp³-hybridized carbons (Fsp3) is 0.500. The summed E-state index contributed by atoms with van der Waals surface area (Å²) in [6, 6.07) is 0. The average molecular weight is 268 g/mol. The molecule has 0 unspecified atom stereocenters. The summed E-state index contributed by atoms with van der Waals surface area (Å²) >= 11 is 5.15. The molecule has 0 bridgehead atoms. The van der Waals surface area contributed by atoms with Gasteiger partial charge in [-0.3, -0.25) is 4.57 Å². The summed E-state index contributed by atoms with van der Waals surface area (Å²) in [5.74, 6) is 0.156. The van der Waals surface area contributed by atoms with E-state index in [1.807, 2.05) is 0 Å². The number of aliphatic hydroxyl groups excluding tert-OH is 1. The third-order valence-corrected chi connectivity index (χ3v) is 3.23. The van der Waals surface area contributed by atoms with Gasteiger partial charge in [0.2, 0.25) is 5.95 Å². The lowest BCUT2D eigenvalue weighted by Crippen LogP contribution is -2.14. The van der Waals surface area contributed by atoms with Gasteiger partial charge in [0.1, 0.15) is 6.23 Å². The third-order valence-electron chi connectivity index (χ3n) is 2.95. The van der Waals surface area contributed by atoms with Crippen molar-refractivity contribution in [1.82, 2.24) is 14.5 Å². The monoisotopic (exact) mass is 268 g/mol. The summed E-state index contributed by atoms with van der Waals surface area (Å²) in [6.45, 7) is -0.00325. The van der Waals surface area contributed by atoms with Crippen molar-refractivity contribution in [3.05, 3.63) is 11.0 Å². The smallest absolute Gasteiger partial charge is 0.273 e. The second-order valence-corrected chi connectivity index (χ2v) is 4.48. The molecule has 2 atom stereocenters. The van der Waals surface area contributed by atoms with Crippen molar-refractivity contribution in [2.45, 2.75) is 25.2 Å². The number of anilines is 1. The number of hydrogen-bond donors (Lipinski definition) is 2. The maximum atomic E-state index is 9.08. The van der Waals surface area contributed by atoms with Gasteiger partial charge in [0.25, 0.3) is 4.84 Å². The first-order valence-electron chi connectivity index (χ1n) is 5.59. The highest BCUT2D eigenvalue weighted by atomic mass is 32.1. The minimum absolute atomic E-state index is 0.00325. The number of aromatic nitrogens is 3. The van der Waals surface area contributed by atoms with E-state index < -0.39 is 0 Å². The van der Waals surface area contributed by atoms with Crippen LogP contribution in [0.15, 0.2) is 10.6 Å². The number of aliphatic hydroxyl groups is 1. The van der Waals surface area contributed by atoms with Crippen LogP contribution >= 0.6 is 12.2 Å². The molecule has 3 N–H and O–H groups in total. The van der Waals surface area contributed by atoms with Crippen molar-refractivity contribution in [1.29, 1.82) is 0 Å². The molecule has 1 saturated heterocycles. The Morgan fingerprint density at radius 2 is 2.39 bits per heavy atom. The number of fused-ring (bicyclic) bond motifs is 1. The average Bonchev–Trinajstić information content (AvgIpc) is 2.92. The largest absolute Gasteiger partial charge is 0.426 e. The van der Waals surface area contributed by atoms with Crippen molar-refractivity contribution in [3.8, 4) is 0 Å². The van der Waals surface area contributed by atoms with Crippen LogP contribution in [0.4, 0.5) is 5.95 Å². The number of nitrogens with zero attached hydrogens (tertiary/aromatic N) is 3. The van der Waals surface area contributed by atoms with Crippen LogP contribution in [0.3, 0.4) is 0 Å². The molecule has 96 valence electrons. The summed E-state index contributed by atoms with van der Waals surface area (Å²) in [5, 5.41) is 9.08.